The zero-order chi connectivity index (χ0) is 14.0. The van der Waals surface area contributed by atoms with Gasteiger partial charge in [-0.15, -0.1) is 0 Å². The Morgan fingerprint density at radius 2 is 2.00 bits per heavy atom. The molecule has 19 heavy (non-hydrogen) atoms. The molecule has 0 spiro atoms. The van der Waals surface area contributed by atoms with Crippen LogP contribution in [0.25, 0.3) is 0 Å². The van der Waals surface area contributed by atoms with Gasteiger partial charge in [-0.2, -0.15) is 0 Å². The van der Waals surface area contributed by atoms with E-state index < -0.39 is 9.84 Å². The average molecular weight is 285 g/mol. The summed E-state index contributed by atoms with van der Waals surface area (Å²) < 4.78 is 34.5. The van der Waals surface area contributed by atoms with Crippen molar-refractivity contribution < 1.29 is 22.7 Å². The molecule has 1 heterocycles. The highest BCUT2D eigenvalue weighted by atomic mass is 32.2. The number of fused-ring (bicyclic) bond motifs is 1. The van der Waals surface area contributed by atoms with Gasteiger partial charge < -0.3 is 15.2 Å². The van der Waals surface area contributed by atoms with E-state index in [1.807, 2.05) is 0 Å². The van der Waals surface area contributed by atoms with Crippen LogP contribution < -0.4 is 15.2 Å². The number of Topliss-reactive ketones (excluding diaryl/α,β-unsaturated/α-hetero) is 1. The van der Waals surface area contributed by atoms with E-state index in [0.717, 1.165) is 6.26 Å². The van der Waals surface area contributed by atoms with Crippen LogP contribution >= 0.6 is 0 Å². The van der Waals surface area contributed by atoms with Crippen molar-refractivity contribution in [2.24, 2.45) is 5.73 Å². The number of benzene rings is 1. The highest BCUT2D eigenvalue weighted by Gasteiger charge is 2.28. The number of rotatable bonds is 4. The highest BCUT2D eigenvalue weighted by molar-refractivity contribution is 7.91. The van der Waals surface area contributed by atoms with Gasteiger partial charge in [-0.25, -0.2) is 8.42 Å². The van der Waals surface area contributed by atoms with Gasteiger partial charge >= 0.3 is 0 Å². The first kappa shape index (κ1) is 13.8. The van der Waals surface area contributed by atoms with E-state index in [1.165, 1.54) is 6.07 Å². The maximum atomic E-state index is 12.0. The first-order valence-corrected chi connectivity index (χ1v) is 7.70. The SMILES string of the molecule is CS(=O)(=O)c1c(C(=O)CCN)ccc2c1OCCO2. The van der Waals surface area contributed by atoms with Gasteiger partial charge in [0, 0.05) is 18.2 Å². The van der Waals surface area contributed by atoms with Gasteiger partial charge in [0.2, 0.25) is 0 Å². The van der Waals surface area contributed by atoms with Crippen molar-refractivity contribution in [3.05, 3.63) is 17.7 Å². The molecule has 0 saturated carbocycles. The van der Waals surface area contributed by atoms with Crippen molar-refractivity contribution in [1.29, 1.82) is 0 Å². The maximum Gasteiger partial charge on any atom is 0.180 e. The summed E-state index contributed by atoms with van der Waals surface area (Å²) in [6.07, 6.45) is 1.13. The monoisotopic (exact) mass is 285 g/mol. The lowest BCUT2D eigenvalue weighted by Gasteiger charge is -2.22. The van der Waals surface area contributed by atoms with E-state index in [4.69, 9.17) is 15.2 Å². The Kier molecular flexibility index (Phi) is 3.77. The summed E-state index contributed by atoms with van der Waals surface area (Å²) in [7, 11) is -3.60. The number of ketones is 1. The number of carbonyl (C=O) groups is 1. The Morgan fingerprint density at radius 3 is 2.63 bits per heavy atom. The molecule has 0 aliphatic carbocycles. The lowest BCUT2D eigenvalue weighted by atomic mass is 10.1. The van der Waals surface area contributed by atoms with Gasteiger partial charge in [0.15, 0.2) is 27.1 Å². The summed E-state index contributed by atoms with van der Waals surface area (Å²) in [5.41, 5.74) is 5.45. The molecule has 0 atom stereocenters. The van der Waals surface area contributed by atoms with E-state index in [0.29, 0.717) is 12.4 Å². The fourth-order valence-corrected chi connectivity index (χ4v) is 3.02. The molecule has 0 radical (unpaired) electrons. The Hall–Kier alpha value is -1.60. The second-order valence-corrected chi connectivity index (χ2v) is 6.15. The Bertz CT molecular complexity index is 609. The molecule has 7 heteroatoms. The van der Waals surface area contributed by atoms with Crippen LogP contribution in [0.1, 0.15) is 16.8 Å². The van der Waals surface area contributed by atoms with Gasteiger partial charge in [0.05, 0.1) is 0 Å². The van der Waals surface area contributed by atoms with Crippen molar-refractivity contribution in [2.75, 3.05) is 26.0 Å². The third-order valence-electron chi connectivity index (χ3n) is 2.71. The number of ether oxygens (including phenoxy) is 2. The minimum Gasteiger partial charge on any atom is -0.486 e. The maximum absolute atomic E-state index is 12.0. The molecule has 0 fully saturated rings. The molecule has 1 aromatic carbocycles. The number of hydrogen-bond acceptors (Lipinski definition) is 6. The molecular formula is C12H15NO5S. The van der Waals surface area contributed by atoms with Crippen molar-refractivity contribution >= 4 is 15.6 Å². The fraction of sp³-hybridized carbons (Fsp3) is 0.417. The molecule has 0 aromatic heterocycles. The first-order valence-electron chi connectivity index (χ1n) is 5.81. The molecule has 0 bridgehead atoms. The fourth-order valence-electron chi connectivity index (χ4n) is 1.94. The highest BCUT2D eigenvalue weighted by Crippen LogP contribution is 2.39. The molecule has 1 aromatic rings. The van der Waals surface area contributed by atoms with E-state index in [9.17, 15) is 13.2 Å². The minimum atomic E-state index is -3.60. The van der Waals surface area contributed by atoms with Crippen molar-refractivity contribution in [3.63, 3.8) is 0 Å². The molecular weight excluding hydrogens is 270 g/mol. The Balaban J connectivity index is 2.65. The van der Waals surface area contributed by atoms with Crippen LogP contribution in [0.3, 0.4) is 0 Å². The first-order chi connectivity index (χ1) is 8.95. The number of sulfone groups is 1. The van der Waals surface area contributed by atoms with Crippen LogP contribution in [0.4, 0.5) is 0 Å². The summed E-state index contributed by atoms with van der Waals surface area (Å²) >= 11 is 0. The van der Waals surface area contributed by atoms with E-state index in [-0.39, 0.29) is 41.6 Å². The van der Waals surface area contributed by atoms with Crippen LogP contribution in [-0.4, -0.2) is 40.2 Å². The molecule has 0 unspecified atom stereocenters. The largest absolute Gasteiger partial charge is 0.486 e. The molecule has 0 saturated heterocycles. The lowest BCUT2D eigenvalue weighted by Crippen LogP contribution is -2.20. The summed E-state index contributed by atoms with van der Waals surface area (Å²) in [5.74, 6) is 0.146. The number of nitrogens with two attached hydrogens (primary N) is 1. The summed E-state index contributed by atoms with van der Waals surface area (Å²) in [6, 6.07) is 2.99. The molecule has 1 aliphatic heterocycles. The number of carbonyl (C=O) groups excluding carboxylic acids is 1. The van der Waals surface area contributed by atoms with Crippen LogP contribution in [0.15, 0.2) is 17.0 Å². The van der Waals surface area contributed by atoms with Gasteiger partial charge in [-0.3, -0.25) is 4.79 Å². The quantitative estimate of drug-likeness (QED) is 0.804. The van der Waals surface area contributed by atoms with Crippen LogP contribution in [-0.2, 0) is 9.84 Å². The van der Waals surface area contributed by atoms with Crippen LogP contribution in [0.2, 0.25) is 0 Å². The summed E-state index contributed by atoms with van der Waals surface area (Å²) in [6.45, 7) is 0.771. The predicted molar refractivity (Wildman–Crippen MR) is 68.5 cm³/mol. The van der Waals surface area contributed by atoms with Gasteiger partial charge in [-0.1, -0.05) is 0 Å². The predicted octanol–water partition coefficient (Wildman–Crippen LogP) is 0.393. The zero-order valence-electron chi connectivity index (χ0n) is 10.5. The lowest BCUT2D eigenvalue weighted by molar-refractivity contribution is 0.0979. The van der Waals surface area contributed by atoms with Crippen molar-refractivity contribution in [2.45, 2.75) is 11.3 Å². The molecule has 0 amide bonds. The second-order valence-electron chi connectivity index (χ2n) is 4.20. The molecule has 104 valence electrons. The van der Waals surface area contributed by atoms with E-state index in [1.54, 1.807) is 6.07 Å². The van der Waals surface area contributed by atoms with Gasteiger partial charge in [0.25, 0.3) is 0 Å². The van der Waals surface area contributed by atoms with Crippen molar-refractivity contribution in [1.82, 2.24) is 0 Å². The van der Waals surface area contributed by atoms with Crippen molar-refractivity contribution in [3.8, 4) is 11.5 Å². The number of hydrogen-bond donors (Lipinski definition) is 1. The normalized spacial score (nSPS) is 14.2. The average Bonchev–Trinajstić information content (AvgIpc) is 2.36. The Labute approximate surface area is 111 Å². The topological polar surface area (TPSA) is 95.7 Å². The zero-order valence-corrected chi connectivity index (χ0v) is 11.3. The second kappa shape index (κ2) is 5.18. The Morgan fingerprint density at radius 1 is 1.32 bits per heavy atom. The summed E-state index contributed by atoms with van der Waals surface area (Å²) in [4.78, 5) is 11.8. The van der Waals surface area contributed by atoms with Crippen LogP contribution in [0, 0.1) is 0 Å². The standard InChI is InChI=1S/C12H15NO5S/c1-19(15,16)12-8(9(14)4-5-13)2-3-10-11(12)18-7-6-17-10/h2-3H,4-7,13H2,1H3. The van der Waals surface area contributed by atoms with E-state index >= 15 is 0 Å². The molecule has 6 nitrogen and oxygen atoms in total. The molecule has 2 rings (SSSR count). The minimum absolute atomic E-state index is 0.0855. The van der Waals surface area contributed by atoms with Gasteiger partial charge in [0.1, 0.15) is 18.1 Å². The summed E-state index contributed by atoms with van der Waals surface area (Å²) in [5, 5.41) is 0. The smallest absolute Gasteiger partial charge is 0.180 e. The third kappa shape index (κ3) is 2.71. The molecule has 2 N–H and O–H groups in total. The third-order valence-corrected chi connectivity index (χ3v) is 3.85. The van der Waals surface area contributed by atoms with Crippen LogP contribution in [0.5, 0.6) is 11.5 Å². The van der Waals surface area contributed by atoms with E-state index in [2.05, 4.69) is 0 Å². The molecule has 1 aliphatic rings. The van der Waals surface area contributed by atoms with Gasteiger partial charge in [-0.05, 0) is 18.7 Å².